The minimum Gasteiger partial charge on any atom is -0.503 e. The molecule has 5 rings (SSSR count). The van der Waals surface area contributed by atoms with Crippen molar-refractivity contribution in [2.75, 3.05) is 4.90 Å². The molecule has 37 heavy (non-hydrogen) atoms. The fourth-order valence-corrected chi connectivity index (χ4v) is 6.37. The summed E-state index contributed by atoms with van der Waals surface area (Å²) in [7, 11) is 0. The predicted octanol–water partition coefficient (Wildman–Crippen LogP) is 7.47. The van der Waals surface area contributed by atoms with Gasteiger partial charge in [-0.2, -0.15) is 0 Å². The van der Waals surface area contributed by atoms with Crippen molar-refractivity contribution >= 4 is 74.7 Å². The lowest BCUT2D eigenvalue weighted by molar-refractivity contribution is -0.117. The number of anilines is 1. The molecule has 1 atom stereocenters. The van der Waals surface area contributed by atoms with E-state index in [4.69, 9.17) is 39.2 Å². The molecule has 4 aromatic rings. The van der Waals surface area contributed by atoms with Gasteiger partial charge in [0.15, 0.2) is 15.9 Å². The number of furan rings is 1. The Hall–Kier alpha value is -2.82. The standard InChI is InChI=1S/C25H16Cl3N3O4S2/c1-12-2-9-18(35-12)21(32)19-20(13-3-6-15(26)7-4-13)31(23(34)22(19)33)24-29-30-25(37-24)36-11-14-5-8-16(27)10-17(14)28/h2-10,20,33H,11H2,1H3. The molecular weight excluding hydrogens is 577 g/mol. The number of Topliss-reactive ketones (excluding diaryl/α,β-unsaturated/α-hetero) is 1. The number of aryl methyl sites for hydroxylation is 1. The molecule has 3 heterocycles. The fourth-order valence-electron chi connectivity index (χ4n) is 3.82. The number of carbonyl (C=O) groups excluding carboxylic acids is 2. The minimum absolute atomic E-state index is 0.0148. The van der Waals surface area contributed by atoms with Gasteiger partial charge in [-0.1, -0.05) is 76.1 Å². The van der Waals surface area contributed by atoms with Crippen molar-refractivity contribution in [1.82, 2.24) is 10.2 Å². The van der Waals surface area contributed by atoms with Crippen LogP contribution in [0, 0.1) is 6.92 Å². The maximum atomic E-state index is 13.4. The number of ketones is 1. The highest BCUT2D eigenvalue weighted by Gasteiger charge is 2.46. The van der Waals surface area contributed by atoms with Crippen LogP contribution in [0.1, 0.15) is 33.5 Å². The molecule has 1 unspecified atom stereocenters. The average molecular weight is 593 g/mol. The first kappa shape index (κ1) is 25.8. The first-order valence-corrected chi connectivity index (χ1v) is 13.7. The number of amides is 1. The van der Waals surface area contributed by atoms with Gasteiger partial charge in [0.1, 0.15) is 5.76 Å². The molecule has 1 aliphatic rings. The maximum Gasteiger partial charge on any atom is 0.296 e. The van der Waals surface area contributed by atoms with Gasteiger partial charge < -0.3 is 9.52 Å². The van der Waals surface area contributed by atoms with E-state index in [-0.39, 0.29) is 16.5 Å². The second-order valence-electron chi connectivity index (χ2n) is 8.01. The van der Waals surface area contributed by atoms with E-state index in [1.54, 1.807) is 49.4 Å². The molecule has 1 amide bonds. The first-order chi connectivity index (χ1) is 17.7. The Bertz CT molecular complexity index is 1550. The number of hydrogen-bond donors (Lipinski definition) is 1. The second kappa shape index (κ2) is 10.5. The van der Waals surface area contributed by atoms with Crippen LogP contribution in [0.25, 0.3) is 0 Å². The Morgan fingerprint density at radius 2 is 1.81 bits per heavy atom. The molecule has 0 fully saturated rings. The van der Waals surface area contributed by atoms with E-state index in [9.17, 15) is 14.7 Å². The summed E-state index contributed by atoms with van der Waals surface area (Å²) in [6.07, 6.45) is 0. The molecule has 0 saturated heterocycles. The van der Waals surface area contributed by atoms with Crippen molar-refractivity contribution < 1.29 is 19.1 Å². The van der Waals surface area contributed by atoms with Crippen LogP contribution in [-0.4, -0.2) is 27.0 Å². The lowest BCUT2D eigenvalue weighted by Crippen LogP contribution is -2.31. The van der Waals surface area contributed by atoms with Gasteiger partial charge in [0, 0.05) is 20.8 Å². The molecule has 0 aliphatic carbocycles. The smallest absolute Gasteiger partial charge is 0.296 e. The van der Waals surface area contributed by atoms with Gasteiger partial charge in [0.25, 0.3) is 5.91 Å². The van der Waals surface area contributed by atoms with Crippen LogP contribution in [-0.2, 0) is 10.5 Å². The lowest BCUT2D eigenvalue weighted by Gasteiger charge is -2.23. The molecule has 0 spiro atoms. The van der Waals surface area contributed by atoms with Crippen molar-refractivity contribution in [3.05, 3.63) is 104 Å². The first-order valence-electron chi connectivity index (χ1n) is 10.8. The highest BCUT2D eigenvalue weighted by atomic mass is 35.5. The predicted molar refractivity (Wildman–Crippen MR) is 145 cm³/mol. The van der Waals surface area contributed by atoms with Crippen LogP contribution in [0.4, 0.5) is 5.13 Å². The number of thioether (sulfide) groups is 1. The Labute approximate surface area is 234 Å². The Morgan fingerprint density at radius 1 is 1.08 bits per heavy atom. The zero-order chi connectivity index (χ0) is 26.3. The van der Waals surface area contributed by atoms with E-state index in [0.29, 0.717) is 36.5 Å². The van der Waals surface area contributed by atoms with E-state index in [0.717, 1.165) is 16.9 Å². The molecular formula is C25H16Cl3N3O4S2. The Balaban J connectivity index is 1.48. The van der Waals surface area contributed by atoms with Crippen LogP contribution in [0.2, 0.25) is 15.1 Å². The number of aromatic nitrogens is 2. The van der Waals surface area contributed by atoms with E-state index < -0.39 is 23.5 Å². The van der Waals surface area contributed by atoms with Gasteiger partial charge in [0.05, 0.1) is 11.6 Å². The topological polar surface area (TPSA) is 96.5 Å². The van der Waals surface area contributed by atoms with Crippen molar-refractivity contribution in [1.29, 1.82) is 0 Å². The summed E-state index contributed by atoms with van der Waals surface area (Å²) in [5, 5.41) is 21.0. The van der Waals surface area contributed by atoms with Gasteiger partial charge in [-0.25, -0.2) is 0 Å². The monoisotopic (exact) mass is 591 g/mol. The van der Waals surface area contributed by atoms with Gasteiger partial charge >= 0.3 is 0 Å². The van der Waals surface area contributed by atoms with Crippen molar-refractivity contribution in [2.45, 2.75) is 23.1 Å². The summed E-state index contributed by atoms with van der Waals surface area (Å²) < 4.78 is 6.06. The second-order valence-corrected chi connectivity index (χ2v) is 11.5. The largest absolute Gasteiger partial charge is 0.503 e. The highest BCUT2D eigenvalue weighted by molar-refractivity contribution is 8.00. The number of hydrogen-bond acceptors (Lipinski definition) is 8. The summed E-state index contributed by atoms with van der Waals surface area (Å²) >= 11 is 20.9. The molecule has 1 aliphatic heterocycles. The van der Waals surface area contributed by atoms with Crippen LogP contribution in [0.5, 0.6) is 0 Å². The Morgan fingerprint density at radius 3 is 2.49 bits per heavy atom. The van der Waals surface area contributed by atoms with Gasteiger partial charge in [0.2, 0.25) is 10.9 Å². The SMILES string of the molecule is Cc1ccc(C(=O)C2=C(O)C(=O)N(c3nnc(SCc4ccc(Cl)cc4Cl)s3)C2c2ccc(Cl)cc2)o1. The van der Waals surface area contributed by atoms with Crippen molar-refractivity contribution in [3.8, 4) is 0 Å². The van der Waals surface area contributed by atoms with E-state index in [1.165, 1.54) is 22.7 Å². The summed E-state index contributed by atoms with van der Waals surface area (Å²) in [5.41, 5.74) is 1.31. The number of benzene rings is 2. The number of aliphatic hydroxyl groups is 1. The molecule has 0 radical (unpaired) electrons. The van der Waals surface area contributed by atoms with Crippen molar-refractivity contribution in [2.24, 2.45) is 0 Å². The zero-order valence-electron chi connectivity index (χ0n) is 18.9. The third kappa shape index (κ3) is 5.15. The summed E-state index contributed by atoms with van der Waals surface area (Å²) in [4.78, 5) is 27.9. The number of aliphatic hydroxyl groups excluding tert-OH is 1. The van der Waals surface area contributed by atoms with Crippen LogP contribution >= 0.6 is 57.9 Å². The number of halogens is 3. The quantitative estimate of drug-likeness (QED) is 0.135. The van der Waals surface area contributed by atoms with Crippen LogP contribution in [0.15, 0.2) is 74.7 Å². The molecule has 0 saturated carbocycles. The van der Waals surface area contributed by atoms with Gasteiger partial charge in [-0.3, -0.25) is 14.5 Å². The van der Waals surface area contributed by atoms with E-state index in [1.807, 2.05) is 6.07 Å². The molecule has 1 N–H and O–H groups in total. The molecule has 2 aromatic heterocycles. The highest BCUT2D eigenvalue weighted by Crippen LogP contribution is 2.44. The molecule has 188 valence electrons. The third-order valence-electron chi connectivity index (χ3n) is 5.57. The van der Waals surface area contributed by atoms with Gasteiger partial charge in [-0.05, 0) is 54.4 Å². The molecule has 0 bridgehead atoms. The summed E-state index contributed by atoms with van der Waals surface area (Å²) in [6, 6.07) is 14.1. The van der Waals surface area contributed by atoms with E-state index in [2.05, 4.69) is 10.2 Å². The summed E-state index contributed by atoms with van der Waals surface area (Å²) in [5.74, 6) is -0.987. The van der Waals surface area contributed by atoms with Crippen LogP contribution < -0.4 is 4.90 Å². The van der Waals surface area contributed by atoms with Crippen LogP contribution in [0.3, 0.4) is 0 Å². The number of carbonyl (C=O) groups is 2. The number of nitrogens with zero attached hydrogens (tertiary/aromatic N) is 3. The molecule has 2 aromatic carbocycles. The molecule has 12 heteroatoms. The normalized spacial score (nSPS) is 15.6. The lowest BCUT2D eigenvalue weighted by atomic mass is 9.95. The fraction of sp³-hybridized carbons (Fsp3) is 0.120. The molecule has 7 nitrogen and oxygen atoms in total. The third-order valence-corrected chi connectivity index (χ3v) is 8.51. The minimum atomic E-state index is -0.959. The number of rotatable bonds is 7. The van der Waals surface area contributed by atoms with Crippen molar-refractivity contribution in [3.63, 3.8) is 0 Å². The summed E-state index contributed by atoms with van der Waals surface area (Å²) in [6.45, 7) is 1.70. The average Bonchev–Trinajstić information content (AvgIpc) is 3.57. The van der Waals surface area contributed by atoms with E-state index >= 15 is 0 Å². The zero-order valence-corrected chi connectivity index (χ0v) is 22.8. The van der Waals surface area contributed by atoms with Gasteiger partial charge in [-0.15, -0.1) is 10.2 Å². The maximum absolute atomic E-state index is 13.4. The Kier molecular flexibility index (Phi) is 7.33.